The van der Waals surface area contributed by atoms with E-state index in [0.717, 1.165) is 4.47 Å². The molecule has 0 bridgehead atoms. The Morgan fingerprint density at radius 1 is 1.17 bits per heavy atom. The summed E-state index contributed by atoms with van der Waals surface area (Å²) in [6.45, 7) is -0.199. The van der Waals surface area contributed by atoms with Crippen LogP contribution in [0.25, 0.3) is 0 Å². The number of nitrogens with zero attached hydrogens (tertiary/aromatic N) is 1. The fourth-order valence-corrected chi connectivity index (χ4v) is 2.07. The van der Waals surface area contributed by atoms with Gasteiger partial charge in [0.15, 0.2) is 0 Å². The normalized spacial score (nSPS) is 10.5. The number of benzene rings is 2. The molecule has 0 radical (unpaired) electrons. The second kappa shape index (κ2) is 8.09. The van der Waals surface area contributed by atoms with Crippen LogP contribution in [0.2, 0.25) is 0 Å². The second-order valence-electron chi connectivity index (χ2n) is 4.55. The molecule has 0 fully saturated rings. The van der Waals surface area contributed by atoms with Crippen LogP contribution >= 0.6 is 15.9 Å². The molecule has 0 atom stereocenters. The summed E-state index contributed by atoms with van der Waals surface area (Å²) >= 11 is 3.27. The van der Waals surface area contributed by atoms with Crippen molar-refractivity contribution < 1.29 is 14.7 Å². The summed E-state index contributed by atoms with van der Waals surface area (Å²) in [5.41, 5.74) is 3.20. The molecular weight excluding hydrogens is 362 g/mol. The zero-order chi connectivity index (χ0) is 16.7. The van der Waals surface area contributed by atoms with Gasteiger partial charge in [0.1, 0.15) is 5.75 Å². The van der Waals surface area contributed by atoms with Gasteiger partial charge in [0.05, 0.1) is 12.8 Å². The lowest BCUT2D eigenvalue weighted by atomic mass is 10.2. The smallest absolute Gasteiger partial charge is 0.259 e. The molecule has 2 aromatic carbocycles. The van der Waals surface area contributed by atoms with Gasteiger partial charge in [-0.25, -0.2) is 5.43 Å². The average Bonchev–Trinajstić information content (AvgIpc) is 2.56. The Labute approximate surface area is 141 Å². The highest BCUT2D eigenvalue weighted by atomic mass is 79.9. The summed E-state index contributed by atoms with van der Waals surface area (Å²) in [6.07, 6.45) is 1.32. The maximum absolute atomic E-state index is 11.8. The molecule has 118 valence electrons. The third kappa shape index (κ3) is 5.23. The summed E-state index contributed by atoms with van der Waals surface area (Å²) in [4.78, 5) is 23.4. The van der Waals surface area contributed by atoms with Gasteiger partial charge in [-0.2, -0.15) is 5.10 Å². The molecule has 23 heavy (non-hydrogen) atoms. The predicted molar refractivity (Wildman–Crippen MR) is 90.3 cm³/mol. The highest BCUT2D eigenvalue weighted by molar-refractivity contribution is 9.10. The highest BCUT2D eigenvalue weighted by Crippen LogP contribution is 2.19. The van der Waals surface area contributed by atoms with Gasteiger partial charge in [-0.15, -0.1) is 0 Å². The van der Waals surface area contributed by atoms with Gasteiger partial charge in [0.2, 0.25) is 0 Å². The zero-order valence-electron chi connectivity index (χ0n) is 12.0. The number of hydrogen-bond donors (Lipinski definition) is 3. The van der Waals surface area contributed by atoms with Crippen LogP contribution in [0.4, 0.5) is 0 Å². The van der Waals surface area contributed by atoms with Crippen LogP contribution < -0.4 is 10.7 Å². The lowest BCUT2D eigenvalue weighted by molar-refractivity contribution is -0.120. The minimum atomic E-state index is -0.472. The molecule has 0 aromatic heterocycles. The first kappa shape index (κ1) is 16.7. The summed E-state index contributed by atoms with van der Waals surface area (Å²) in [6, 6.07) is 13.4. The topological polar surface area (TPSA) is 90.8 Å². The maximum atomic E-state index is 11.8. The van der Waals surface area contributed by atoms with Crippen LogP contribution in [0.5, 0.6) is 5.75 Å². The predicted octanol–water partition coefficient (Wildman–Crippen LogP) is 2.03. The Hall–Kier alpha value is -2.67. The molecule has 0 heterocycles. The highest BCUT2D eigenvalue weighted by Gasteiger charge is 2.06. The van der Waals surface area contributed by atoms with E-state index in [0.29, 0.717) is 11.1 Å². The van der Waals surface area contributed by atoms with E-state index in [1.807, 2.05) is 0 Å². The van der Waals surface area contributed by atoms with E-state index in [9.17, 15) is 14.7 Å². The van der Waals surface area contributed by atoms with Crippen molar-refractivity contribution in [2.75, 3.05) is 6.54 Å². The minimum absolute atomic E-state index is 0.0450. The van der Waals surface area contributed by atoms with Crippen LogP contribution in [0.1, 0.15) is 15.9 Å². The lowest BCUT2D eigenvalue weighted by Gasteiger charge is -2.04. The number of hydrazone groups is 1. The van der Waals surface area contributed by atoms with Gasteiger partial charge in [0, 0.05) is 15.6 Å². The largest absolute Gasteiger partial charge is 0.507 e. The van der Waals surface area contributed by atoms with Gasteiger partial charge in [-0.3, -0.25) is 9.59 Å². The third-order valence-corrected chi connectivity index (χ3v) is 3.32. The third-order valence-electron chi connectivity index (χ3n) is 2.83. The summed E-state index contributed by atoms with van der Waals surface area (Å²) < 4.78 is 0.776. The first-order valence-corrected chi connectivity index (χ1v) is 7.49. The summed E-state index contributed by atoms with van der Waals surface area (Å²) in [5.74, 6) is -0.766. The van der Waals surface area contributed by atoms with E-state index in [-0.39, 0.29) is 18.2 Å². The Balaban J connectivity index is 1.82. The minimum Gasteiger partial charge on any atom is -0.507 e. The van der Waals surface area contributed by atoms with Gasteiger partial charge in [0.25, 0.3) is 11.8 Å². The van der Waals surface area contributed by atoms with Gasteiger partial charge in [-0.05, 0) is 30.3 Å². The fraction of sp³-hybridized carbons (Fsp3) is 0.0625. The number of nitrogens with one attached hydrogen (secondary N) is 2. The molecule has 7 heteroatoms. The van der Waals surface area contributed by atoms with Crippen molar-refractivity contribution in [2.45, 2.75) is 0 Å². The first-order chi connectivity index (χ1) is 11.1. The fourth-order valence-electron chi connectivity index (χ4n) is 1.69. The molecule has 0 unspecified atom stereocenters. The molecule has 0 spiro atoms. The Morgan fingerprint density at radius 2 is 1.91 bits per heavy atom. The molecule has 6 nitrogen and oxygen atoms in total. The van der Waals surface area contributed by atoms with Gasteiger partial charge >= 0.3 is 0 Å². The summed E-state index contributed by atoms with van der Waals surface area (Å²) in [5, 5.41) is 15.8. The Bertz CT molecular complexity index is 733. The van der Waals surface area contributed by atoms with Crippen LogP contribution in [-0.4, -0.2) is 29.7 Å². The zero-order valence-corrected chi connectivity index (χ0v) is 13.6. The number of halogens is 1. The van der Waals surface area contributed by atoms with Gasteiger partial charge in [-0.1, -0.05) is 34.1 Å². The van der Waals surface area contributed by atoms with E-state index < -0.39 is 5.91 Å². The van der Waals surface area contributed by atoms with Crippen LogP contribution in [0, 0.1) is 0 Å². The van der Waals surface area contributed by atoms with E-state index in [1.165, 1.54) is 12.3 Å². The average molecular weight is 376 g/mol. The molecule has 0 aliphatic carbocycles. The Morgan fingerprint density at radius 3 is 2.65 bits per heavy atom. The standard InChI is InChI=1S/C16H14BrN3O3/c17-13-6-7-14(21)12(8-13)9-19-20-15(22)10-18-16(23)11-4-2-1-3-5-11/h1-9,21H,10H2,(H,18,23)(H,20,22)/b19-9-. The molecule has 2 aromatic rings. The quantitative estimate of drug-likeness (QED) is 0.551. The Kier molecular flexibility index (Phi) is 5.87. The maximum Gasteiger partial charge on any atom is 0.259 e. The molecule has 0 aliphatic heterocycles. The van der Waals surface area contributed by atoms with Crippen molar-refractivity contribution in [1.29, 1.82) is 0 Å². The van der Waals surface area contributed by atoms with Crippen molar-refractivity contribution >= 4 is 34.0 Å². The number of aromatic hydroxyl groups is 1. The van der Waals surface area contributed by atoms with E-state index in [1.54, 1.807) is 42.5 Å². The van der Waals surface area contributed by atoms with E-state index in [2.05, 4.69) is 31.8 Å². The van der Waals surface area contributed by atoms with Crippen LogP contribution in [-0.2, 0) is 4.79 Å². The molecule has 0 aliphatic rings. The van der Waals surface area contributed by atoms with Crippen molar-refractivity contribution in [2.24, 2.45) is 5.10 Å². The van der Waals surface area contributed by atoms with E-state index in [4.69, 9.17) is 0 Å². The van der Waals surface area contributed by atoms with Crippen LogP contribution in [0.15, 0.2) is 58.1 Å². The molecule has 0 saturated carbocycles. The number of carbonyl (C=O) groups is 2. The van der Waals surface area contributed by atoms with Crippen molar-refractivity contribution in [3.63, 3.8) is 0 Å². The van der Waals surface area contributed by atoms with Gasteiger partial charge < -0.3 is 10.4 Å². The first-order valence-electron chi connectivity index (χ1n) is 6.70. The van der Waals surface area contributed by atoms with Crippen LogP contribution in [0.3, 0.4) is 0 Å². The molecule has 3 N–H and O–H groups in total. The van der Waals surface area contributed by atoms with Crippen molar-refractivity contribution in [3.8, 4) is 5.75 Å². The number of carbonyl (C=O) groups excluding carboxylic acids is 2. The number of phenols is 1. The second-order valence-corrected chi connectivity index (χ2v) is 5.46. The van der Waals surface area contributed by atoms with Crippen molar-refractivity contribution in [3.05, 3.63) is 64.1 Å². The molecule has 0 saturated heterocycles. The SMILES string of the molecule is O=C(CNC(=O)c1ccccc1)N/N=C\c1cc(Br)ccc1O. The number of amides is 2. The number of rotatable bonds is 5. The molecular formula is C16H14BrN3O3. The molecule has 2 rings (SSSR count). The monoisotopic (exact) mass is 375 g/mol. The van der Waals surface area contributed by atoms with Crippen molar-refractivity contribution in [1.82, 2.24) is 10.7 Å². The lowest BCUT2D eigenvalue weighted by Crippen LogP contribution is -2.34. The number of phenolic OH excluding ortho intramolecular Hbond substituents is 1. The summed E-state index contributed by atoms with van der Waals surface area (Å²) in [7, 11) is 0. The van der Waals surface area contributed by atoms with E-state index >= 15 is 0 Å². The molecule has 2 amide bonds. The number of hydrogen-bond acceptors (Lipinski definition) is 4.